The summed E-state index contributed by atoms with van der Waals surface area (Å²) in [6, 6.07) is 5.79. The van der Waals surface area contributed by atoms with Crippen molar-refractivity contribution in [2.24, 2.45) is 11.5 Å². The molecular formula is C11H18N2O2. The molecule has 0 aromatic heterocycles. The topological polar surface area (TPSA) is 70.5 Å². The molecular weight excluding hydrogens is 192 g/mol. The molecule has 0 aliphatic heterocycles. The zero-order valence-electron chi connectivity index (χ0n) is 9.03. The quantitative estimate of drug-likeness (QED) is 0.724. The Hall–Kier alpha value is -1.26. The Morgan fingerprint density at radius 2 is 1.60 bits per heavy atom. The average molecular weight is 210 g/mol. The van der Waals surface area contributed by atoms with Crippen molar-refractivity contribution in [3.63, 3.8) is 0 Å². The molecule has 0 bridgehead atoms. The predicted octanol–water partition coefficient (Wildman–Crippen LogP) is 0.670. The lowest BCUT2D eigenvalue weighted by Crippen LogP contribution is -2.13. The fraction of sp³-hybridized carbons (Fsp3) is 0.455. The molecule has 1 aromatic rings. The van der Waals surface area contributed by atoms with Crippen LogP contribution in [0.1, 0.15) is 5.56 Å². The van der Waals surface area contributed by atoms with E-state index in [0.717, 1.165) is 17.1 Å². The third-order valence-electron chi connectivity index (χ3n) is 1.85. The fourth-order valence-electron chi connectivity index (χ4n) is 1.19. The molecule has 0 aliphatic rings. The van der Waals surface area contributed by atoms with Crippen molar-refractivity contribution >= 4 is 0 Å². The van der Waals surface area contributed by atoms with Crippen molar-refractivity contribution in [2.75, 3.05) is 26.3 Å². The molecule has 0 aliphatic carbocycles. The molecule has 0 saturated carbocycles. The summed E-state index contributed by atoms with van der Waals surface area (Å²) >= 11 is 0. The Labute approximate surface area is 90.2 Å². The molecule has 0 fully saturated rings. The summed E-state index contributed by atoms with van der Waals surface area (Å²) in [7, 11) is 0. The van der Waals surface area contributed by atoms with Crippen LogP contribution < -0.4 is 20.9 Å². The van der Waals surface area contributed by atoms with Gasteiger partial charge in [-0.15, -0.1) is 0 Å². The van der Waals surface area contributed by atoms with Crippen molar-refractivity contribution in [2.45, 2.75) is 6.92 Å². The van der Waals surface area contributed by atoms with Gasteiger partial charge in [0.1, 0.15) is 13.2 Å². The second-order valence-electron chi connectivity index (χ2n) is 3.22. The highest BCUT2D eigenvalue weighted by Crippen LogP contribution is 2.27. The van der Waals surface area contributed by atoms with Gasteiger partial charge >= 0.3 is 0 Å². The van der Waals surface area contributed by atoms with Crippen molar-refractivity contribution < 1.29 is 9.47 Å². The van der Waals surface area contributed by atoms with Crippen LogP contribution in [0, 0.1) is 6.92 Å². The maximum absolute atomic E-state index is 5.47. The van der Waals surface area contributed by atoms with Gasteiger partial charge in [0.2, 0.25) is 0 Å². The molecule has 0 spiro atoms. The van der Waals surface area contributed by atoms with Crippen LogP contribution in [0.25, 0.3) is 0 Å². The van der Waals surface area contributed by atoms with E-state index in [2.05, 4.69) is 0 Å². The van der Waals surface area contributed by atoms with Gasteiger partial charge in [-0.3, -0.25) is 0 Å². The van der Waals surface area contributed by atoms with E-state index < -0.39 is 0 Å². The van der Waals surface area contributed by atoms with Crippen LogP contribution in [0.2, 0.25) is 0 Å². The zero-order chi connectivity index (χ0) is 11.1. The molecule has 1 aromatic carbocycles. The van der Waals surface area contributed by atoms with Crippen LogP contribution in [-0.2, 0) is 0 Å². The van der Waals surface area contributed by atoms with E-state index in [4.69, 9.17) is 20.9 Å². The molecule has 4 nitrogen and oxygen atoms in total. The first kappa shape index (κ1) is 11.8. The van der Waals surface area contributed by atoms with Crippen molar-refractivity contribution in [3.05, 3.63) is 23.8 Å². The second-order valence-corrected chi connectivity index (χ2v) is 3.22. The highest BCUT2D eigenvalue weighted by Gasteiger charge is 2.04. The predicted molar refractivity (Wildman–Crippen MR) is 60.3 cm³/mol. The highest BCUT2D eigenvalue weighted by molar-refractivity contribution is 5.42. The van der Waals surface area contributed by atoms with Gasteiger partial charge in [-0.05, 0) is 24.6 Å². The maximum Gasteiger partial charge on any atom is 0.161 e. The second kappa shape index (κ2) is 6.27. The molecule has 0 radical (unpaired) electrons. The first-order valence-electron chi connectivity index (χ1n) is 5.04. The zero-order valence-corrected chi connectivity index (χ0v) is 9.03. The lowest BCUT2D eigenvalue weighted by Gasteiger charge is -2.12. The Morgan fingerprint density at radius 1 is 1.00 bits per heavy atom. The van der Waals surface area contributed by atoms with Crippen LogP contribution in [0.3, 0.4) is 0 Å². The summed E-state index contributed by atoms with van der Waals surface area (Å²) in [5.74, 6) is 1.45. The molecule has 4 N–H and O–H groups in total. The van der Waals surface area contributed by atoms with Gasteiger partial charge < -0.3 is 20.9 Å². The normalized spacial score (nSPS) is 10.1. The van der Waals surface area contributed by atoms with Gasteiger partial charge in [-0.2, -0.15) is 0 Å². The van der Waals surface area contributed by atoms with Gasteiger partial charge in [0, 0.05) is 13.1 Å². The van der Waals surface area contributed by atoms with E-state index in [1.807, 2.05) is 25.1 Å². The molecule has 1 rings (SSSR count). The molecule has 0 atom stereocenters. The monoisotopic (exact) mass is 210 g/mol. The number of rotatable bonds is 6. The average Bonchev–Trinajstić information content (AvgIpc) is 2.25. The largest absolute Gasteiger partial charge is 0.488 e. The number of aryl methyl sites for hydroxylation is 1. The number of nitrogens with two attached hydrogens (primary N) is 2. The highest BCUT2D eigenvalue weighted by atomic mass is 16.5. The van der Waals surface area contributed by atoms with E-state index in [0.29, 0.717) is 26.3 Å². The number of benzene rings is 1. The Balaban J connectivity index is 2.73. The van der Waals surface area contributed by atoms with Crippen LogP contribution in [-0.4, -0.2) is 26.3 Å². The van der Waals surface area contributed by atoms with E-state index in [9.17, 15) is 0 Å². The van der Waals surface area contributed by atoms with Crippen LogP contribution >= 0.6 is 0 Å². The Kier molecular flexibility index (Phi) is 4.93. The molecule has 0 heterocycles. The molecule has 4 heteroatoms. The summed E-state index contributed by atoms with van der Waals surface area (Å²) in [6.45, 7) is 3.96. The van der Waals surface area contributed by atoms with Gasteiger partial charge in [0.15, 0.2) is 11.5 Å². The summed E-state index contributed by atoms with van der Waals surface area (Å²) in [4.78, 5) is 0. The third kappa shape index (κ3) is 3.77. The molecule has 0 unspecified atom stereocenters. The van der Waals surface area contributed by atoms with E-state index in [1.54, 1.807) is 0 Å². The van der Waals surface area contributed by atoms with Gasteiger partial charge in [-0.1, -0.05) is 6.07 Å². The summed E-state index contributed by atoms with van der Waals surface area (Å²) in [5, 5.41) is 0. The van der Waals surface area contributed by atoms with E-state index in [1.165, 1.54) is 0 Å². The summed E-state index contributed by atoms with van der Waals surface area (Å²) in [6.07, 6.45) is 0. The Morgan fingerprint density at radius 3 is 2.20 bits per heavy atom. The van der Waals surface area contributed by atoms with Gasteiger partial charge in [0.05, 0.1) is 0 Å². The fourth-order valence-corrected chi connectivity index (χ4v) is 1.19. The number of hydrogen-bond donors (Lipinski definition) is 2. The lowest BCUT2D eigenvalue weighted by molar-refractivity contribution is 0.278. The molecule has 0 amide bonds. The standard InChI is InChI=1S/C11H18N2O2/c1-9-2-3-10(14-6-4-12)11(8-9)15-7-5-13/h2-3,8H,4-7,12-13H2,1H3. The van der Waals surface area contributed by atoms with Crippen LogP contribution in [0.5, 0.6) is 11.5 Å². The number of hydrogen-bond acceptors (Lipinski definition) is 4. The first-order valence-corrected chi connectivity index (χ1v) is 5.04. The van der Waals surface area contributed by atoms with Crippen molar-refractivity contribution in [3.8, 4) is 11.5 Å². The smallest absolute Gasteiger partial charge is 0.161 e. The van der Waals surface area contributed by atoms with Gasteiger partial charge in [-0.25, -0.2) is 0 Å². The lowest BCUT2D eigenvalue weighted by atomic mass is 10.2. The Bertz CT molecular complexity index is 303. The maximum atomic E-state index is 5.47. The minimum absolute atomic E-state index is 0.488. The first-order chi connectivity index (χ1) is 7.27. The third-order valence-corrected chi connectivity index (χ3v) is 1.85. The molecule has 84 valence electrons. The SMILES string of the molecule is Cc1ccc(OCCN)c(OCCN)c1. The van der Waals surface area contributed by atoms with Crippen LogP contribution in [0.15, 0.2) is 18.2 Å². The van der Waals surface area contributed by atoms with E-state index >= 15 is 0 Å². The van der Waals surface area contributed by atoms with E-state index in [-0.39, 0.29) is 0 Å². The minimum atomic E-state index is 0.488. The number of ether oxygens (including phenoxy) is 2. The molecule has 0 saturated heterocycles. The molecule has 15 heavy (non-hydrogen) atoms. The van der Waals surface area contributed by atoms with Crippen molar-refractivity contribution in [1.82, 2.24) is 0 Å². The van der Waals surface area contributed by atoms with Crippen LogP contribution in [0.4, 0.5) is 0 Å². The summed E-state index contributed by atoms with van der Waals surface area (Å²) < 4.78 is 10.9. The summed E-state index contributed by atoms with van der Waals surface area (Å²) in [5.41, 5.74) is 11.9. The van der Waals surface area contributed by atoms with Gasteiger partial charge in [0.25, 0.3) is 0 Å². The minimum Gasteiger partial charge on any atom is -0.488 e. The van der Waals surface area contributed by atoms with Crippen molar-refractivity contribution in [1.29, 1.82) is 0 Å².